The van der Waals surface area contributed by atoms with Crippen molar-refractivity contribution in [3.63, 3.8) is 0 Å². The number of carboxylic acid groups (broad SMARTS) is 1. The van der Waals surface area contributed by atoms with Gasteiger partial charge in [0.05, 0.1) is 33.2 Å². The summed E-state index contributed by atoms with van der Waals surface area (Å²) in [6, 6.07) is 7.57. The second-order valence-corrected chi connectivity index (χ2v) is 11.4. The van der Waals surface area contributed by atoms with Gasteiger partial charge < -0.3 is 15.3 Å². The van der Waals surface area contributed by atoms with Crippen molar-refractivity contribution >= 4 is 52.6 Å². The van der Waals surface area contributed by atoms with Crippen molar-refractivity contribution in [2.45, 2.75) is 57.8 Å². The molecule has 1 aromatic heterocycles. The first kappa shape index (κ1) is 30.2. The average molecular weight is 612 g/mol. The fourth-order valence-electron chi connectivity index (χ4n) is 4.59. The highest BCUT2D eigenvalue weighted by Gasteiger charge is 2.50. The molecule has 3 aromatic rings. The first-order valence-corrected chi connectivity index (χ1v) is 13.1. The molecule has 1 aliphatic heterocycles. The molecule has 218 valence electrons. The summed E-state index contributed by atoms with van der Waals surface area (Å²) >= 11 is 12.2. The summed E-state index contributed by atoms with van der Waals surface area (Å²) < 4.78 is 41.6. The van der Waals surface area contributed by atoms with Crippen LogP contribution < -0.4 is 10.6 Å². The van der Waals surface area contributed by atoms with Gasteiger partial charge in [0, 0.05) is 17.9 Å². The minimum Gasteiger partial charge on any atom is -0.480 e. The predicted octanol–water partition coefficient (Wildman–Crippen LogP) is 6.58. The van der Waals surface area contributed by atoms with Crippen LogP contribution in [0.4, 0.5) is 29.5 Å². The molecule has 9 nitrogen and oxygen atoms in total. The van der Waals surface area contributed by atoms with E-state index in [2.05, 4.69) is 15.7 Å². The Morgan fingerprint density at radius 3 is 2.34 bits per heavy atom. The highest BCUT2D eigenvalue weighted by atomic mass is 35.5. The molecular weight excluding hydrogens is 586 g/mol. The van der Waals surface area contributed by atoms with Crippen LogP contribution in [0.2, 0.25) is 10.0 Å². The molecule has 0 radical (unpaired) electrons. The number of amides is 3. The molecule has 2 aromatic carbocycles. The number of nitrogens with zero attached hydrogens (tertiary/aromatic N) is 3. The van der Waals surface area contributed by atoms with E-state index in [-0.39, 0.29) is 28.0 Å². The first-order valence-electron chi connectivity index (χ1n) is 12.4. The van der Waals surface area contributed by atoms with Gasteiger partial charge in [0.1, 0.15) is 11.9 Å². The van der Waals surface area contributed by atoms with Gasteiger partial charge in [-0.15, -0.1) is 0 Å². The van der Waals surface area contributed by atoms with Crippen molar-refractivity contribution in [2.24, 2.45) is 0 Å². The molecule has 0 aliphatic carbocycles. The fraction of sp³-hybridized carbons (Fsp3) is 0.333. The summed E-state index contributed by atoms with van der Waals surface area (Å²) in [5.41, 5.74) is 1.59. The van der Waals surface area contributed by atoms with Crippen LogP contribution in [-0.4, -0.2) is 49.9 Å². The largest absolute Gasteiger partial charge is 0.480 e. The number of aliphatic carboxylic acids is 1. The number of hydrogen-bond acceptors (Lipinski definition) is 4. The highest BCUT2D eigenvalue weighted by Crippen LogP contribution is 2.38. The Morgan fingerprint density at radius 2 is 1.73 bits per heavy atom. The average Bonchev–Trinajstić information content (AvgIpc) is 3.29. The van der Waals surface area contributed by atoms with Crippen molar-refractivity contribution < 1.29 is 32.7 Å². The number of benzene rings is 2. The molecule has 0 spiro atoms. The molecule has 0 saturated carbocycles. The number of carbonyl (C=O) groups is 3. The molecule has 2 heterocycles. The Hall–Kier alpha value is -3.77. The van der Waals surface area contributed by atoms with Gasteiger partial charge in [0.25, 0.3) is 0 Å². The van der Waals surface area contributed by atoms with E-state index in [1.54, 1.807) is 36.4 Å². The number of anilines is 2. The Labute approximate surface area is 243 Å². The summed E-state index contributed by atoms with van der Waals surface area (Å²) in [4.78, 5) is 37.3. The number of alkyl halides is 3. The van der Waals surface area contributed by atoms with Gasteiger partial charge in [0.15, 0.2) is 0 Å². The minimum absolute atomic E-state index is 0.148. The van der Waals surface area contributed by atoms with Crippen LogP contribution in [-0.2, 0) is 21.4 Å². The lowest BCUT2D eigenvalue weighted by Gasteiger charge is -2.40. The zero-order valence-electron chi connectivity index (χ0n) is 22.3. The van der Waals surface area contributed by atoms with Crippen LogP contribution in [0.1, 0.15) is 50.6 Å². The van der Waals surface area contributed by atoms with Crippen molar-refractivity contribution in [1.29, 1.82) is 0 Å². The maximum atomic E-state index is 13.4. The van der Waals surface area contributed by atoms with E-state index in [1.807, 2.05) is 20.8 Å². The van der Waals surface area contributed by atoms with Crippen LogP contribution in [0, 0.1) is 0 Å². The van der Waals surface area contributed by atoms with E-state index < -0.39 is 41.6 Å². The van der Waals surface area contributed by atoms with Gasteiger partial charge in [0.2, 0.25) is 0 Å². The zero-order valence-corrected chi connectivity index (χ0v) is 23.8. The number of hydrogen-bond donors (Lipinski definition) is 3. The van der Waals surface area contributed by atoms with E-state index in [0.29, 0.717) is 27.4 Å². The number of carboxylic acids is 1. The lowest BCUT2D eigenvalue weighted by atomic mass is 9.88. The van der Waals surface area contributed by atoms with Crippen LogP contribution >= 0.6 is 23.2 Å². The summed E-state index contributed by atoms with van der Waals surface area (Å²) in [6.45, 7) is 7.08. The van der Waals surface area contributed by atoms with E-state index in [1.165, 1.54) is 17.7 Å². The molecule has 1 unspecified atom stereocenters. The third-order valence-electron chi connectivity index (χ3n) is 6.67. The smallest absolute Gasteiger partial charge is 0.471 e. The Bertz CT molecular complexity index is 1530. The SMILES string of the molecule is CC1c2cc(-n3nc(C(C)(C)C)cc3NC(=O)Nc3cccc(Cl)c3Cl)ccc2C[C@@H](C(=O)O)N1C(=O)C(F)(F)F. The normalized spacial score (nSPS) is 17.1. The van der Waals surface area contributed by atoms with Crippen LogP contribution in [0.15, 0.2) is 42.5 Å². The Kier molecular flexibility index (Phi) is 8.03. The second-order valence-electron chi connectivity index (χ2n) is 10.6. The molecule has 3 N–H and O–H groups in total. The highest BCUT2D eigenvalue weighted by molar-refractivity contribution is 6.44. The van der Waals surface area contributed by atoms with E-state index in [9.17, 15) is 32.7 Å². The molecule has 0 fully saturated rings. The number of rotatable bonds is 4. The third kappa shape index (κ3) is 6.13. The summed E-state index contributed by atoms with van der Waals surface area (Å²) in [6.07, 6.45) is -5.56. The second kappa shape index (κ2) is 10.9. The van der Waals surface area contributed by atoms with Gasteiger partial charge in [-0.2, -0.15) is 18.3 Å². The van der Waals surface area contributed by atoms with Crippen molar-refractivity contribution in [1.82, 2.24) is 14.7 Å². The molecule has 2 atom stereocenters. The number of urea groups is 1. The molecule has 0 bridgehead atoms. The van der Waals surface area contributed by atoms with Gasteiger partial charge in [-0.3, -0.25) is 10.1 Å². The monoisotopic (exact) mass is 611 g/mol. The molecule has 3 amide bonds. The van der Waals surface area contributed by atoms with Crippen molar-refractivity contribution in [3.8, 4) is 5.69 Å². The maximum Gasteiger partial charge on any atom is 0.471 e. The molecule has 41 heavy (non-hydrogen) atoms. The van der Waals surface area contributed by atoms with E-state index in [0.717, 1.165) is 0 Å². The van der Waals surface area contributed by atoms with Crippen molar-refractivity contribution in [3.05, 3.63) is 69.3 Å². The summed E-state index contributed by atoms with van der Waals surface area (Å²) in [5, 5.41) is 20.0. The number of halogens is 5. The molecule has 0 saturated heterocycles. The fourth-order valence-corrected chi connectivity index (χ4v) is 4.94. The molecular formula is C27H26Cl2F3N5O4. The number of fused-ring (bicyclic) bond motifs is 1. The van der Waals surface area contributed by atoms with Gasteiger partial charge in [-0.05, 0) is 42.3 Å². The summed E-state index contributed by atoms with van der Waals surface area (Å²) in [5.74, 6) is -3.54. The maximum absolute atomic E-state index is 13.4. The molecule has 4 rings (SSSR count). The summed E-state index contributed by atoms with van der Waals surface area (Å²) in [7, 11) is 0. The van der Waals surface area contributed by atoms with Gasteiger partial charge in [-0.1, -0.05) is 56.1 Å². The van der Waals surface area contributed by atoms with Crippen LogP contribution in [0.3, 0.4) is 0 Å². The van der Waals surface area contributed by atoms with E-state index in [4.69, 9.17) is 23.2 Å². The van der Waals surface area contributed by atoms with Crippen LogP contribution in [0.5, 0.6) is 0 Å². The number of aromatic nitrogens is 2. The van der Waals surface area contributed by atoms with Gasteiger partial charge >= 0.3 is 24.1 Å². The third-order valence-corrected chi connectivity index (χ3v) is 7.49. The lowest BCUT2D eigenvalue weighted by molar-refractivity contribution is -0.193. The topological polar surface area (TPSA) is 117 Å². The molecule has 1 aliphatic rings. The number of carbonyl (C=O) groups excluding carboxylic acids is 2. The predicted molar refractivity (Wildman–Crippen MR) is 148 cm³/mol. The number of nitrogens with one attached hydrogen (secondary N) is 2. The van der Waals surface area contributed by atoms with E-state index >= 15 is 0 Å². The standard InChI is InChI=1S/C27H26Cl2F3N5O4/c1-13-16-11-15(9-8-14(16)10-19(23(38)39)36(13)24(40)27(30,31)32)37-21(12-20(35-37)26(2,3)4)34-25(41)33-18-7-5-6-17(28)22(18)29/h5-9,11-13,19H,10H2,1-4H3,(H,38,39)(H2,33,34,41)/t13?,19-/m0/s1. The zero-order chi connectivity index (χ0) is 30.4. The lowest BCUT2D eigenvalue weighted by Crippen LogP contribution is -2.54. The van der Waals surface area contributed by atoms with Crippen molar-refractivity contribution in [2.75, 3.05) is 10.6 Å². The Morgan fingerprint density at radius 1 is 1.05 bits per heavy atom. The molecule has 14 heteroatoms. The minimum atomic E-state index is -5.25. The Balaban J connectivity index is 1.74. The first-order chi connectivity index (χ1) is 19.0. The quantitative estimate of drug-likeness (QED) is 0.308. The van der Waals surface area contributed by atoms with Gasteiger partial charge in [-0.25, -0.2) is 14.3 Å². The van der Waals surface area contributed by atoms with Crippen LogP contribution in [0.25, 0.3) is 5.69 Å².